The Kier molecular flexibility index (Phi) is 5.84. The van der Waals surface area contributed by atoms with Crippen molar-refractivity contribution in [1.82, 2.24) is 4.90 Å². The Hall–Kier alpha value is -2.07. The number of sulfone groups is 1. The highest BCUT2D eigenvalue weighted by Crippen LogP contribution is 2.32. The summed E-state index contributed by atoms with van der Waals surface area (Å²) in [4.78, 5) is 2.51. The molecule has 128 valence electrons. The van der Waals surface area contributed by atoms with Crippen molar-refractivity contribution in [3.63, 3.8) is 0 Å². The second-order valence-corrected chi connectivity index (χ2v) is 7.73. The van der Waals surface area contributed by atoms with E-state index in [1.54, 1.807) is 6.07 Å². The van der Waals surface area contributed by atoms with Crippen LogP contribution < -0.4 is 0 Å². The van der Waals surface area contributed by atoms with Gasteiger partial charge in [0.1, 0.15) is 0 Å². The average molecular weight is 343 g/mol. The van der Waals surface area contributed by atoms with E-state index in [2.05, 4.69) is 36.3 Å². The van der Waals surface area contributed by atoms with Gasteiger partial charge in [-0.25, -0.2) is 8.42 Å². The van der Waals surface area contributed by atoms with Gasteiger partial charge in [-0.05, 0) is 49.1 Å². The highest BCUT2D eigenvalue weighted by molar-refractivity contribution is 7.90. The van der Waals surface area contributed by atoms with Gasteiger partial charge in [-0.3, -0.25) is 0 Å². The SMILES string of the molecule is C/C=C1/C(c2ccc(S(C)(=O)=O)c(CC)c2)=CC=CN1/C=C\CC. The Labute approximate surface area is 145 Å². The third-order valence-electron chi connectivity index (χ3n) is 3.99. The lowest BCUT2D eigenvalue weighted by Gasteiger charge is -2.25. The molecule has 4 heteroatoms. The number of benzene rings is 1. The standard InChI is InChI=1S/C20H25NO2S/c1-5-8-13-21-14-9-10-18(19(21)7-3)17-11-12-20(24(4,22)23)16(6-2)15-17/h7-15H,5-6H2,1-4H3/b13-8-,19-7-. The molecular weight excluding hydrogens is 318 g/mol. The number of hydrogen-bond donors (Lipinski definition) is 0. The Balaban J connectivity index is 2.49. The summed E-state index contributed by atoms with van der Waals surface area (Å²) >= 11 is 0. The van der Waals surface area contributed by atoms with Crippen LogP contribution in [-0.2, 0) is 16.3 Å². The van der Waals surface area contributed by atoms with Crippen LogP contribution in [-0.4, -0.2) is 19.6 Å². The smallest absolute Gasteiger partial charge is 0.175 e. The van der Waals surface area contributed by atoms with Gasteiger partial charge in [-0.1, -0.05) is 38.1 Å². The molecule has 0 atom stereocenters. The van der Waals surface area contributed by atoms with Gasteiger partial charge in [0.2, 0.25) is 0 Å². The summed E-state index contributed by atoms with van der Waals surface area (Å²) in [6.07, 6.45) is 15.3. The third kappa shape index (κ3) is 3.88. The number of aryl methyl sites for hydroxylation is 1. The van der Waals surface area contributed by atoms with Gasteiger partial charge >= 0.3 is 0 Å². The summed E-state index contributed by atoms with van der Waals surface area (Å²) < 4.78 is 23.9. The fourth-order valence-corrected chi connectivity index (χ4v) is 3.81. The molecule has 0 amide bonds. The zero-order chi connectivity index (χ0) is 17.7. The van der Waals surface area contributed by atoms with E-state index in [1.165, 1.54) is 6.26 Å². The van der Waals surface area contributed by atoms with Crippen molar-refractivity contribution in [3.8, 4) is 0 Å². The first-order valence-electron chi connectivity index (χ1n) is 8.25. The lowest BCUT2D eigenvalue weighted by Crippen LogP contribution is -2.13. The summed E-state index contributed by atoms with van der Waals surface area (Å²) in [5, 5.41) is 0. The van der Waals surface area contributed by atoms with E-state index in [0.717, 1.165) is 28.8 Å². The van der Waals surface area contributed by atoms with Crippen LogP contribution in [0.5, 0.6) is 0 Å². The molecule has 2 rings (SSSR count). The molecule has 0 fully saturated rings. The van der Waals surface area contributed by atoms with Crippen LogP contribution >= 0.6 is 0 Å². The summed E-state index contributed by atoms with van der Waals surface area (Å²) in [5.41, 5.74) is 4.08. The van der Waals surface area contributed by atoms with Crippen LogP contribution in [0.25, 0.3) is 5.57 Å². The summed E-state index contributed by atoms with van der Waals surface area (Å²) in [6, 6.07) is 5.61. The Morgan fingerprint density at radius 3 is 2.54 bits per heavy atom. The molecule has 1 aliphatic rings. The zero-order valence-corrected chi connectivity index (χ0v) is 15.6. The highest BCUT2D eigenvalue weighted by Gasteiger charge is 2.18. The largest absolute Gasteiger partial charge is 0.324 e. The first kappa shape index (κ1) is 18.3. The van der Waals surface area contributed by atoms with Crippen LogP contribution in [0.4, 0.5) is 0 Å². The highest BCUT2D eigenvalue weighted by atomic mass is 32.2. The van der Waals surface area contributed by atoms with E-state index in [0.29, 0.717) is 11.3 Å². The first-order valence-corrected chi connectivity index (χ1v) is 10.1. The predicted octanol–water partition coefficient (Wildman–Crippen LogP) is 4.69. The van der Waals surface area contributed by atoms with Crippen LogP contribution in [0.1, 0.15) is 38.3 Å². The molecular formula is C20H25NO2S. The zero-order valence-electron chi connectivity index (χ0n) is 14.8. The van der Waals surface area contributed by atoms with Gasteiger partial charge in [-0.2, -0.15) is 0 Å². The minimum Gasteiger partial charge on any atom is -0.324 e. The van der Waals surface area contributed by atoms with Crippen LogP contribution in [0.15, 0.2) is 65.5 Å². The molecule has 1 aliphatic heterocycles. The van der Waals surface area contributed by atoms with Crippen molar-refractivity contribution >= 4 is 15.4 Å². The minimum atomic E-state index is -3.20. The predicted molar refractivity (Wildman–Crippen MR) is 101 cm³/mol. The first-order chi connectivity index (χ1) is 11.4. The third-order valence-corrected chi connectivity index (χ3v) is 5.19. The van der Waals surface area contributed by atoms with E-state index < -0.39 is 9.84 Å². The topological polar surface area (TPSA) is 37.4 Å². The lowest BCUT2D eigenvalue weighted by molar-refractivity contribution is 0.601. The molecule has 1 heterocycles. The minimum absolute atomic E-state index is 0.422. The average Bonchev–Trinajstić information content (AvgIpc) is 2.58. The van der Waals surface area contributed by atoms with Gasteiger partial charge in [0, 0.05) is 29.9 Å². The second kappa shape index (κ2) is 7.67. The van der Waals surface area contributed by atoms with Crippen molar-refractivity contribution in [2.75, 3.05) is 6.26 Å². The van der Waals surface area contributed by atoms with E-state index in [1.807, 2.05) is 38.3 Å². The normalized spacial score (nSPS) is 16.9. The van der Waals surface area contributed by atoms with Gasteiger partial charge in [0.25, 0.3) is 0 Å². The lowest BCUT2D eigenvalue weighted by atomic mass is 9.97. The van der Waals surface area contributed by atoms with E-state index in [-0.39, 0.29) is 0 Å². The molecule has 0 unspecified atom stereocenters. The van der Waals surface area contributed by atoms with Crippen molar-refractivity contribution in [3.05, 3.63) is 71.7 Å². The molecule has 0 N–H and O–H groups in total. The fourth-order valence-electron chi connectivity index (χ4n) is 2.82. The molecule has 0 bridgehead atoms. The van der Waals surface area contributed by atoms with Crippen molar-refractivity contribution in [1.29, 1.82) is 0 Å². The van der Waals surface area contributed by atoms with E-state index >= 15 is 0 Å². The molecule has 0 aliphatic carbocycles. The van der Waals surface area contributed by atoms with E-state index in [9.17, 15) is 8.42 Å². The molecule has 0 saturated heterocycles. The molecule has 0 saturated carbocycles. The maximum atomic E-state index is 11.9. The van der Waals surface area contributed by atoms with Crippen LogP contribution in [0, 0.1) is 0 Å². The van der Waals surface area contributed by atoms with Crippen LogP contribution in [0.2, 0.25) is 0 Å². The van der Waals surface area contributed by atoms with Crippen molar-refractivity contribution < 1.29 is 8.42 Å². The summed E-state index contributed by atoms with van der Waals surface area (Å²) in [6.45, 7) is 6.10. The molecule has 0 aromatic heterocycles. The maximum absolute atomic E-state index is 11.9. The van der Waals surface area contributed by atoms with Gasteiger partial charge in [0.15, 0.2) is 9.84 Å². The Morgan fingerprint density at radius 1 is 1.21 bits per heavy atom. The Bertz CT molecular complexity index is 827. The van der Waals surface area contributed by atoms with Gasteiger partial charge in [0.05, 0.1) is 4.90 Å². The van der Waals surface area contributed by atoms with Gasteiger partial charge < -0.3 is 4.90 Å². The van der Waals surface area contributed by atoms with E-state index in [4.69, 9.17) is 0 Å². The monoisotopic (exact) mass is 343 g/mol. The summed E-state index contributed by atoms with van der Waals surface area (Å²) in [5.74, 6) is 0. The molecule has 24 heavy (non-hydrogen) atoms. The quantitative estimate of drug-likeness (QED) is 0.778. The van der Waals surface area contributed by atoms with Crippen molar-refractivity contribution in [2.24, 2.45) is 0 Å². The molecule has 3 nitrogen and oxygen atoms in total. The number of hydrogen-bond acceptors (Lipinski definition) is 3. The second-order valence-electron chi connectivity index (χ2n) is 5.74. The number of allylic oxidation sites excluding steroid dienone is 5. The fraction of sp³-hybridized carbons (Fsp3) is 0.300. The molecule has 0 spiro atoms. The molecule has 1 aromatic rings. The van der Waals surface area contributed by atoms with Gasteiger partial charge in [-0.15, -0.1) is 0 Å². The maximum Gasteiger partial charge on any atom is 0.175 e. The molecule has 0 radical (unpaired) electrons. The molecule has 1 aromatic carbocycles. The number of nitrogens with zero attached hydrogens (tertiary/aromatic N) is 1. The number of rotatable bonds is 5. The Morgan fingerprint density at radius 2 is 1.96 bits per heavy atom. The van der Waals surface area contributed by atoms with Crippen LogP contribution in [0.3, 0.4) is 0 Å². The van der Waals surface area contributed by atoms with Crippen molar-refractivity contribution in [2.45, 2.75) is 38.5 Å². The summed E-state index contributed by atoms with van der Waals surface area (Å²) in [7, 11) is -3.20.